The van der Waals surface area contributed by atoms with Crippen LogP contribution in [0.3, 0.4) is 0 Å². The molecular formula is C23H28FN3O3. The normalized spacial score (nSPS) is 18.6. The fourth-order valence-corrected chi connectivity index (χ4v) is 3.67. The smallest absolute Gasteiger partial charge is 0.317 e. The molecule has 2 N–H and O–H groups in total. The Morgan fingerprint density at radius 2 is 1.83 bits per heavy atom. The SMILES string of the molecule is COc1cccc(CNC(=O)N2CCCC(C)(C(=O)NCc3ccc(F)cc3)C2)c1. The lowest BCUT2D eigenvalue weighted by molar-refractivity contribution is -0.132. The fraction of sp³-hybridized carbons (Fsp3) is 0.391. The number of halogens is 1. The third kappa shape index (κ3) is 5.49. The maximum absolute atomic E-state index is 13.0. The van der Waals surface area contributed by atoms with Crippen LogP contribution in [0.4, 0.5) is 9.18 Å². The van der Waals surface area contributed by atoms with E-state index in [9.17, 15) is 14.0 Å². The fourth-order valence-electron chi connectivity index (χ4n) is 3.67. The van der Waals surface area contributed by atoms with Crippen LogP contribution < -0.4 is 15.4 Å². The number of ether oxygens (including phenoxy) is 1. The Kier molecular flexibility index (Phi) is 6.92. The number of nitrogens with one attached hydrogen (secondary N) is 2. The maximum atomic E-state index is 13.0. The van der Waals surface area contributed by atoms with Crippen LogP contribution in [0.15, 0.2) is 48.5 Å². The van der Waals surface area contributed by atoms with E-state index in [1.807, 2.05) is 31.2 Å². The summed E-state index contributed by atoms with van der Waals surface area (Å²) in [6.07, 6.45) is 1.47. The molecule has 1 heterocycles. The first-order valence-electron chi connectivity index (χ1n) is 10.1. The van der Waals surface area contributed by atoms with Gasteiger partial charge in [0.05, 0.1) is 12.5 Å². The van der Waals surface area contributed by atoms with E-state index in [4.69, 9.17) is 4.74 Å². The van der Waals surface area contributed by atoms with E-state index < -0.39 is 5.41 Å². The summed E-state index contributed by atoms with van der Waals surface area (Å²) < 4.78 is 18.2. The van der Waals surface area contributed by atoms with E-state index >= 15 is 0 Å². The first kappa shape index (κ1) is 21.6. The Hall–Kier alpha value is -3.09. The topological polar surface area (TPSA) is 70.7 Å². The Balaban J connectivity index is 1.53. The Morgan fingerprint density at radius 1 is 1.10 bits per heavy atom. The van der Waals surface area contributed by atoms with Gasteiger partial charge in [-0.3, -0.25) is 4.79 Å². The highest BCUT2D eigenvalue weighted by Crippen LogP contribution is 2.30. The zero-order chi connectivity index (χ0) is 21.6. The van der Waals surface area contributed by atoms with E-state index in [0.717, 1.165) is 23.3 Å². The van der Waals surface area contributed by atoms with Crippen molar-refractivity contribution in [3.05, 3.63) is 65.5 Å². The molecule has 30 heavy (non-hydrogen) atoms. The largest absolute Gasteiger partial charge is 0.497 e. The average molecular weight is 413 g/mol. The highest BCUT2D eigenvalue weighted by Gasteiger charge is 2.39. The highest BCUT2D eigenvalue weighted by atomic mass is 19.1. The number of carbonyl (C=O) groups is 2. The summed E-state index contributed by atoms with van der Waals surface area (Å²) in [5.74, 6) is 0.335. The molecule has 0 bridgehead atoms. The van der Waals surface area contributed by atoms with Crippen LogP contribution in [-0.4, -0.2) is 37.0 Å². The number of piperidine rings is 1. The number of urea groups is 1. The molecule has 3 rings (SSSR count). The van der Waals surface area contributed by atoms with E-state index in [-0.39, 0.29) is 17.8 Å². The number of hydrogen-bond donors (Lipinski definition) is 2. The summed E-state index contributed by atoms with van der Waals surface area (Å²) in [5, 5.41) is 5.85. The van der Waals surface area contributed by atoms with Crippen LogP contribution in [0.2, 0.25) is 0 Å². The second-order valence-corrected chi connectivity index (χ2v) is 7.91. The predicted octanol–water partition coefficient (Wildman–Crippen LogP) is 3.46. The summed E-state index contributed by atoms with van der Waals surface area (Å²) in [5.41, 5.74) is 1.11. The molecule has 7 heteroatoms. The van der Waals surface area contributed by atoms with Crippen molar-refractivity contribution in [2.75, 3.05) is 20.2 Å². The van der Waals surface area contributed by atoms with Crippen LogP contribution in [-0.2, 0) is 17.9 Å². The van der Waals surface area contributed by atoms with E-state index in [0.29, 0.717) is 32.6 Å². The molecule has 1 fully saturated rings. The average Bonchev–Trinajstić information content (AvgIpc) is 2.77. The molecular weight excluding hydrogens is 385 g/mol. The summed E-state index contributed by atoms with van der Waals surface area (Å²) in [4.78, 5) is 27.2. The monoisotopic (exact) mass is 413 g/mol. The summed E-state index contributed by atoms with van der Waals surface area (Å²) in [7, 11) is 1.60. The van der Waals surface area contributed by atoms with Crippen molar-refractivity contribution in [1.29, 1.82) is 0 Å². The maximum Gasteiger partial charge on any atom is 0.317 e. The minimum absolute atomic E-state index is 0.0999. The van der Waals surface area contributed by atoms with Gasteiger partial charge < -0.3 is 20.3 Å². The number of nitrogens with zero attached hydrogens (tertiary/aromatic N) is 1. The van der Waals surface area contributed by atoms with Crippen molar-refractivity contribution >= 4 is 11.9 Å². The Bertz CT molecular complexity index is 888. The van der Waals surface area contributed by atoms with Gasteiger partial charge in [-0.2, -0.15) is 0 Å². The molecule has 6 nitrogen and oxygen atoms in total. The van der Waals surface area contributed by atoms with Gasteiger partial charge in [-0.15, -0.1) is 0 Å². The predicted molar refractivity (Wildman–Crippen MR) is 112 cm³/mol. The first-order valence-corrected chi connectivity index (χ1v) is 10.1. The van der Waals surface area contributed by atoms with Crippen LogP contribution in [0, 0.1) is 11.2 Å². The lowest BCUT2D eigenvalue weighted by Gasteiger charge is -2.39. The minimum Gasteiger partial charge on any atom is -0.497 e. The number of rotatable bonds is 6. The minimum atomic E-state index is -0.661. The van der Waals surface area contributed by atoms with Gasteiger partial charge in [-0.25, -0.2) is 9.18 Å². The molecule has 1 unspecified atom stereocenters. The Labute approximate surface area is 176 Å². The molecule has 2 aromatic rings. The van der Waals surface area contributed by atoms with Crippen LogP contribution in [0.1, 0.15) is 30.9 Å². The third-order valence-corrected chi connectivity index (χ3v) is 5.48. The van der Waals surface area contributed by atoms with E-state index in [1.165, 1.54) is 12.1 Å². The highest BCUT2D eigenvalue weighted by molar-refractivity contribution is 5.84. The van der Waals surface area contributed by atoms with Gasteiger partial charge in [-0.1, -0.05) is 24.3 Å². The van der Waals surface area contributed by atoms with Crippen molar-refractivity contribution in [1.82, 2.24) is 15.5 Å². The first-order chi connectivity index (χ1) is 14.4. The molecule has 2 aromatic carbocycles. The second-order valence-electron chi connectivity index (χ2n) is 7.91. The molecule has 0 radical (unpaired) electrons. The molecule has 1 atom stereocenters. The van der Waals surface area contributed by atoms with Gasteiger partial charge in [0.1, 0.15) is 11.6 Å². The van der Waals surface area contributed by atoms with Gasteiger partial charge in [-0.05, 0) is 55.2 Å². The molecule has 0 aromatic heterocycles. The number of hydrogen-bond acceptors (Lipinski definition) is 3. The Morgan fingerprint density at radius 3 is 2.57 bits per heavy atom. The quantitative estimate of drug-likeness (QED) is 0.762. The zero-order valence-corrected chi connectivity index (χ0v) is 17.4. The number of methoxy groups -OCH3 is 1. The number of likely N-dealkylation sites (tertiary alicyclic amines) is 1. The van der Waals surface area contributed by atoms with Crippen molar-refractivity contribution in [3.63, 3.8) is 0 Å². The second kappa shape index (κ2) is 9.61. The van der Waals surface area contributed by atoms with Gasteiger partial charge in [0.15, 0.2) is 0 Å². The third-order valence-electron chi connectivity index (χ3n) is 5.48. The van der Waals surface area contributed by atoms with Crippen molar-refractivity contribution in [3.8, 4) is 5.75 Å². The molecule has 1 aliphatic heterocycles. The van der Waals surface area contributed by atoms with Crippen LogP contribution in [0.25, 0.3) is 0 Å². The molecule has 1 saturated heterocycles. The van der Waals surface area contributed by atoms with Crippen molar-refractivity contribution in [2.45, 2.75) is 32.9 Å². The van der Waals surface area contributed by atoms with Gasteiger partial charge >= 0.3 is 6.03 Å². The standard InChI is InChI=1S/C23H28FN3O3/c1-23(21(28)25-14-17-7-9-19(24)10-8-17)11-4-12-27(16-23)22(29)26-15-18-5-3-6-20(13-18)30-2/h3,5-10,13H,4,11-12,14-16H2,1-2H3,(H,25,28)(H,26,29). The zero-order valence-electron chi connectivity index (χ0n) is 17.4. The van der Waals surface area contributed by atoms with E-state index in [1.54, 1.807) is 24.1 Å². The van der Waals surface area contributed by atoms with Crippen molar-refractivity contribution in [2.24, 2.45) is 5.41 Å². The van der Waals surface area contributed by atoms with Crippen molar-refractivity contribution < 1.29 is 18.7 Å². The summed E-state index contributed by atoms with van der Waals surface area (Å²) >= 11 is 0. The van der Waals surface area contributed by atoms with Gasteiger partial charge in [0.2, 0.25) is 5.91 Å². The van der Waals surface area contributed by atoms with Gasteiger partial charge in [0.25, 0.3) is 0 Å². The van der Waals surface area contributed by atoms with E-state index in [2.05, 4.69) is 10.6 Å². The molecule has 0 aliphatic carbocycles. The lowest BCUT2D eigenvalue weighted by atomic mass is 9.81. The number of amides is 3. The molecule has 0 spiro atoms. The molecule has 0 saturated carbocycles. The van der Waals surface area contributed by atoms with Crippen LogP contribution in [0.5, 0.6) is 5.75 Å². The van der Waals surface area contributed by atoms with Gasteiger partial charge in [0, 0.05) is 26.2 Å². The summed E-state index contributed by atoms with van der Waals surface area (Å²) in [6.45, 7) is 3.57. The molecule has 1 aliphatic rings. The summed E-state index contributed by atoms with van der Waals surface area (Å²) in [6, 6.07) is 13.4. The lowest BCUT2D eigenvalue weighted by Crippen LogP contribution is -2.53. The number of carbonyl (C=O) groups excluding carboxylic acids is 2. The number of benzene rings is 2. The molecule has 160 valence electrons. The van der Waals surface area contributed by atoms with Crippen LogP contribution >= 0.6 is 0 Å². The molecule has 3 amide bonds.